The lowest BCUT2D eigenvalue weighted by molar-refractivity contribution is -0.189. The minimum absolute atomic E-state index is 0.174. The van der Waals surface area contributed by atoms with Crippen LogP contribution < -0.4 is 0 Å². The number of fused-ring (bicyclic) bond motifs is 1. The lowest BCUT2D eigenvalue weighted by atomic mass is 9.87. The van der Waals surface area contributed by atoms with Crippen LogP contribution >= 0.6 is 0 Å². The summed E-state index contributed by atoms with van der Waals surface area (Å²) in [7, 11) is 0. The monoisotopic (exact) mass is 360 g/mol. The fourth-order valence-corrected chi connectivity index (χ4v) is 2.81. The van der Waals surface area contributed by atoms with Gasteiger partial charge in [0.25, 0.3) is 11.8 Å². The van der Waals surface area contributed by atoms with E-state index in [0.717, 1.165) is 0 Å². The van der Waals surface area contributed by atoms with Gasteiger partial charge < -0.3 is 9.57 Å². The van der Waals surface area contributed by atoms with Gasteiger partial charge in [-0.3, -0.25) is 14.5 Å². The highest BCUT2D eigenvalue weighted by molar-refractivity contribution is 6.21. The van der Waals surface area contributed by atoms with Crippen LogP contribution in [0.4, 0.5) is 4.79 Å². The van der Waals surface area contributed by atoms with Gasteiger partial charge in [-0.05, 0) is 46.2 Å². The van der Waals surface area contributed by atoms with Crippen molar-refractivity contribution in [3.8, 4) is 0 Å². The first-order chi connectivity index (χ1) is 12.0. The highest BCUT2D eigenvalue weighted by Gasteiger charge is 2.54. The van der Waals surface area contributed by atoms with Gasteiger partial charge in [0.1, 0.15) is 11.1 Å². The maximum atomic E-state index is 12.6. The highest BCUT2D eigenvalue weighted by atomic mass is 16.7. The van der Waals surface area contributed by atoms with E-state index in [-0.39, 0.29) is 11.1 Å². The maximum absolute atomic E-state index is 12.6. The molecule has 0 saturated carbocycles. The fraction of sp³-hybridized carbons (Fsp3) is 0.444. The number of amides is 3. The number of likely N-dealkylation sites (tertiary alicyclic amines) is 1. The van der Waals surface area contributed by atoms with Crippen molar-refractivity contribution < 1.29 is 28.8 Å². The first-order valence-electron chi connectivity index (χ1n) is 8.25. The zero-order valence-corrected chi connectivity index (χ0v) is 15.1. The van der Waals surface area contributed by atoms with Crippen molar-refractivity contribution in [3.05, 3.63) is 35.4 Å². The van der Waals surface area contributed by atoms with Crippen LogP contribution in [0.1, 0.15) is 54.8 Å². The average molecular weight is 360 g/mol. The van der Waals surface area contributed by atoms with Gasteiger partial charge in [-0.2, -0.15) is 0 Å². The van der Waals surface area contributed by atoms with Gasteiger partial charge in [0.2, 0.25) is 0 Å². The largest absolute Gasteiger partial charge is 0.444 e. The van der Waals surface area contributed by atoms with E-state index in [0.29, 0.717) is 18.0 Å². The van der Waals surface area contributed by atoms with Crippen LogP contribution in [0.15, 0.2) is 24.3 Å². The Morgan fingerprint density at radius 2 is 1.62 bits per heavy atom. The SMILES string of the molecule is CC(C)(C)OC(=O)N1CCC1(C)C(=O)ON1C(=O)c2ccccc2C1=O. The molecule has 1 saturated heterocycles. The van der Waals surface area contributed by atoms with Gasteiger partial charge >= 0.3 is 12.1 Å². The lowest BCUT2D eigenvalue weighted by Gasteiger charge is -2.47. The lowest BCUT2D eigenvalue weighted by Crippen LogP contribution is -2.66. The van der Waals surface area contributed by atoms with E-state index in [9.17, 15) is 19.2 Å². The highest BCUT2D eigenvalue weighted by Crippen LogP contribution is 2.34. The molecule has 2 aliphatic heterocycles. The number of ether oxygens (including phenoxy) is 1. The normalized spacial score (nSPS) is 22.0. The van der Waals surface area contributed by atoms with E-state index in [1.165, 1.54) is 24.0 Å². The zero-order chi connectivity index (χ0) is 19.3. The van der Waals surface area contributed by atoms with Crippen molar-refractivity contribution >= 4 is 23.9 Å². The Hall–Kier alpha value is -2.90. The Morgan fingerprint density at radius 1 is 1.08 bits per heavy atom. The Kier molecular flexibility index (Phi) is 4.01. The topological polar surface area (TPSA) is 93.2 Å². The van der Waals surface area contributed by atoms with Crippen molar-refractivity contribution in [1.82, 2.24) is 9.96 Å². The van der Waals surface area contributed by atoms with Crippen LogP contribution in [-0.2, 0) is 14.4 Å². The van der Waals surface area contributed by atoms with Crippen LogP contribution in [0.3, 0.4) is 0 Å². The summed E-state index contributed by atoms with van der Waals surface area (Å²) in [6.07, 6.45) is -0.306. The van der Waals surface area contributed by atoms with Crippen molar-refractivity contribution in [2.75, 3.05) is 6.54 Å². The van der Waals surface area contributed by atoms with E-state index in [1.54, 1.807) is 32.9 Å². The second kappa shape index (κ2) is 5.82. The predicted octanol–water partition coefficient (Wildman–Crippen LogP) is 2.14. The number of carbonyl (C=O) groups is 4. The minimum atomic E-state index is -1.29. The molecule has 0 spiro atoms. The molecule has 1 aromatic carbocycles. The zero-order valence-electron chi connectivity index (χ0n) is 15.1. The number of nitrogens with zero attached hydrogens (tertiary/aromatic N) is 2. The van der Waals surface area contributed by atoms with Crippen LogP contribution in [-0.4, -0.2) is 51.5 Å². The fourth-order valence-electron chi connectivity index (χ4n) is 2.81. The number of imide groups is 1. The number of hydrogen-bond acceptors (Lipinski definition) is 6. The molecule has 3 amide bonds. The summed E-state index contributed by atoms with van der Waals surface area (Å²) in [5.74, 6) is -2.26. The van der Waals surface area contributed by atoms with Gasteiger partial charge in [-0.25, -0.2) is 9.59 Å². The van der Waals surface area contributed by atoms with Gasteiger partial charge in [-0.1, -0.05) is 17.2 Å². The van der Waals surface area contributed by atoms with E-state index in [2.05, 4.69) is 0 Å². The minimum Gasteiger partial charge on any atom is -0.444 e. The van der Waals surface area contributed by atoms with Crippen molar-refractivity contribution in [1.29, 1.82) is 0 Å². The van der Waals surface area contributed by atoms with E-state index in [1.807, 2.05) is 0 Å². The van der Waals surface area contributed by atoms with Crippen LogP contribution in [0.25, 0.3) is 0 Å². The number of carbonyl (C=O) groups excluding carboxylic acids is 4. The van der Waals surface area contributed by atoms with Crippen molar-refractivity contribution in [2.24, 2.45) is 0 Å². The molecule has 0 aromatic heterocycles. The molecule has 0 aliphatic carbocycles. The Balaban J connectivity index is 1.73. The molecule has 1 atom stereocenters. The van der Waals surface area contributed by atoms with Crippen molar-refractivity contribution in [3.63, 3.8) is 0 Å². The molecular formula is C18H20N2O6. The van der Waals surface area contributed by atoms with Gasteiger partial charge in [0, 0.05) is 6.54 Å². The summed E-state index contributed by atoms with van der Waals surface area (Å²) in [5, 5.41) is 0.448. The molecule has 0 radical (unpaired) electrons. The molecule has 8 heteroatoms. The third kappa shape index (κ3) is 2.81. The molecule has 8 nitrogen and oxygen atoms in total. The van der Waals surface area contributed by atoms with Gasteiger partial charge in [0.15, 0.2) is 0 Å². The van der Waals surface area contributed by atoms with Crippen LogP contribution in [0.5, 0.6) is 0 Å². The molecule has 1 unspecified atom stereocenters. The van der Waals surface area contributed by atoms with E-state index < -0.39 is 35.0 Å². The second-order valence-corrected chi connectivity index (χ2v) is 7.48. The summed E-state index contributed by atoms with van der Waals surface area (Å²) < 4.78 is 5.28. The van der Waals surface area contributed by atoms with E-state index >= 15 is 0 Å². The molecule has 2 heterocycles. The van der Waals surface area contributed by atoms with Gasteiger partial charge in [-0.15, -0.1) is 0 Å². The number of benzene rings is 1. The first-order valence-corrected chi connectivity index (χ1v) is 8.25. The van der Waals surface area contributed by atoms with Crippen LogP contribution in [0.2, 0.25) is 0 Å². The molecule has 0 bridgehead atoms. The molecular weight excluding hydrogens is 340 g/mol. The maximum Gasteiger partial charge on any atom is 0.411 e. The molecule has 138 valence electrons. The quantitative estimate of drug-likeness (QED) is 0.750. The number of hydroxylamine groups is 2. The molecule has 3 rings (SSSR count). The van der Waals surface area contributed by atoms with Gasteiger partial charge in [0.05, 0.1) is 11.1 Å². The second-order valence-electron chi connectivity index (χ2n) is 7.48. The smallest absolute Gasteiger partial charge is 0.411 e. The summed E-state index contributed by atoms with van der Waals surface area (Å²) in [5.41, 5.74) is -1.65. The molecule has 2 aliphatic rings. The van der Waals surface area contributed by atoms with Crippen molar-refractivity contribution in [2.45, 2.75) is 45.3 Å². The number of hydrogen-bond donors (Lipinski definition) is 0. The first kappa shape index (κ1) is 17.9. The van der Waals surface area contributed by atoms with E-state index in [4.69, 9.17) is 9.57 Å². The number of rotatable bonds is 2. The Labute approximate surface area is 150 Å². The summed E-state index contributed by atoms with van der Waals surface area (Å²) in [6.45, 7) is 7.00. The summed E-state index contributed by atoms with van der Waals surface area (Å²) in [6, 6.07) is 6.21. The molecule has 26 heavy (non-hydrogen) atoms. The molecule has 1 fully saturated rings. The third-order valence-electron chi connectivity index (χ3n) is 4.40. The molecule has 1 aromatic rings. The third-order valence-corrected chi connectivity index (χ3v) is 4.40. The predicted molar refractivity (Wildman–Crippen MR) is 89.0 cm³/mol. The standard InChI is InChI=1S/C18H20N2O6/c1-17(2,3)25-16(24)19-10-9-18(19,4)15(23)26-20-13(21)11-7-5-6-8-12(11)14(20)22/h5-8H,9-10H2,1-4H3. The summed E-state index contributed by atoms with van der Waals surface area (Å²) in [4.78, 5) is 55.8. The van der Waals surface area contributed by atoms with Crippen LogP contribution in [0, 0.1) is 0 Å². The summed E-state index contributed by atoms with van der Waals surface area (Å²) >= 11 is 0. The average Bonchev–Trinajstić information content (AvgIpc) is 2.76. The Bertz CT molecular complexity index is 777. The molecule has 0 N–H and O–H groups in total. The Morgan fingerprint density at radius 3 is 2.04 bits per heavy atom.